The van der Waals surface area contributed by atoms with Gasteiger partial charge in [0.15, 0.2) is 0 Å². The monoisotopic (exact) mass is 250 g/mol. The van der Waals surface area contributed by atoms with Gasteiger partial charge in [0.05, 0.1) is 12.3 Å². The van der Waals surface area contributed by atoms with Crippen LogP contribution in [0.1, 0.15) is 32.3 Å². The van der Waals surface area contributed by atoms with E-state index in [4.69, 9.17) is 4.74 Å². The second-order valence-electron chi connectivity index (χ2n) is 5.45. The summed E-state index contributed by atoms with van der Waals surface area (Å²) in [5.41, 5.74) is 0.0586. The van der Waals surface area contributed by atoms with Crippen molar-refractivity contribution in [3.05, 3.63) is 24.0 Å². The van der Waals surface area contributed by atoms with Gasteiger partial charge in [0.2, 0.25) is 0 Å². The molecule has 100 valence electrons. The average molecular weight is 250 g/mol. The molecule has 0 amide bonds. The molecule has 18 heavy (non-hydrogen) atoms. The van der Waals surface area contributed by atoms with Crippen molar-refractivity contribution >= 4 is 0 Å². The van der Waals surface area contributed by atoms with Crippen LogP contribution in [-0.4, -0.2) is 41.2 Å². The molecule has 0 radical (unpaired) electrons. The molecule has 2 heterocycles. The normalized spacial score (nSPS) is 25.4. The number of pyridine rings is 1. The van der Waals surface area contributed by atoms with Crippen molar-refractivity contribution in [2.75, 3.05) is 20.1 Å². The second-order valence-corrected chi connectivity index (χ2v) is 5.45. The van der Waals surface area contributed by atoms with Crippen molar-refractivity contribution in [1.82, 2.24) is 9.88 Å². The van der Waals surface area contributed by atoms with Crippen LogP contribution in [0.4, 0.5) is 0 Å². The van der Waals surface area contributed by atoms with Crippen molar-refractivity contribution in [2.45, 2.75) is 38.4 Å². The third-order valence-corrected chi connectivity index (χ3v) is 3.28. The molecule has 4 heteroatoms. The summed E-state index contributed by atoms with van der Waals surface area (Å²) in [4.78, 5) is 6.33. The van der Waals surface area contributed by atoms with E-state index in [0.29, 0.717) is 6.54 Å². The maximum atomic E-state index is 10.7. The van der Waals surface area contributed by atoms with Crippen LogP contribution in [0.3, 0.4) is 0 Å². The molecule has 4 nitrogen and oxygen atoms in total. The fourth-order valence-corrected chi connectivity index (χ4v) is 2.49. The lowest BCUT2D eigenvalue weighted by molar-refractivity contribution is -0.0282. The number of piperidine rings is 1. The van der Waals surface area contributed by atoms with Crippen LogP contribution in [0.25, 0.3) is 0 Å². The molecule has 1 fully saturated rings. The maximum absolute atomic E-state index is 10.7. The number of likely N-dealkylation sites (tertiary alicyclic amines) is 1. The topological polar surface area (TPSA) is 45.6 Å². The van der Waals surface area contributed by atoms with Crippen LogP contribution >= 0.6 is 0 Å². The lowest BCUT2D eigenvalue weighted by atomic mass is 9.87. The van der Waals surface area contributed by atoms with Crippen LogP contribution in [-0.2, 0) is 5.60 Å². The number of β-amino-alcohol motifs (C(OH)–C–C–N with tert-alkyl or cyclic N) is 1. The minimum atomic E-state index is -0.795. The van der Waals surface area contributed by atoms with Crippen molar-refractivity contribution in [1.29, 1.82) is 0 Å². The predicted octanol–water partition coefficient (Wildman–Crippen LogP) is 1.78. The first-order valence-electron chi connectivity index (χ1n) is 6.53. The quantitative estimate of drug-likeness (QED) is 0.888. The fourth-order valence-electron chi connectivity index (χ4n) is 2.49. The lowest BCUT2D eigenvalue weighted by Crippen LogP contribution is -2.44. The number of rotatable bonds is 3. The molecule has 0 bridgehead atoms. The van der Waals surface area contributed by atoms with Crippen molar-refractivity contribution in [3.63, 3.8) is 0 Å². The minimum absolute atomic E-state index is 0.116. The zero-order valence-corrected chi connectivity index (χ0v) is 11.4. The van der Waals surface area contributed by atoms with Gasteiger partial charge in [-0.3, -0.25) is 4.98 Å². The first-order chi connectivity index (χ1) is 8.49. The number of hydrogen-bond donors (Lipinski definition) is 1. The Morgan fingerprint density at radius 1 is 1.44 bits per heavy atom. The number of hydrogen-bond acceptors (Lipinski definition) is 4. The molecular weight excluding hydrogens is 228 g/mol. The summed E-state index contributed by atoms with van der Waals surface area (Å²) >= 11 is 0. The predicted molar refractivity (Wildman–Crippen MR) is 70.6 cm³/mol. The molecule has 1 aliphatic rings. The van der Waals surface area contributed by atoms with E-state index in [0.717, 1.165) is 30.7 Å². The highest BCUT2D eigenvalue weighted by Gasteiger charge is 2.34. The average Bonchev–Trinajstić information content (AvgIpc) is 2.28. The Labute approximate surface area is 109 Å². The van der Waals surface area contributed by atoms with Gasteiger partial charge in [-0.1, -0.05) is 0 Å². The van der Waals surface area contributed by atoms with Gasteiger partial charge < -0.3 is 14.7 Å². The van der Waals surface area contributed by atoms with Crippen LogP contribution in [0.5, 0.6) is 5.75 Å². The smallest absolute Gasteiger partial charge is 0.138 e. The molecule has 1 aromatic rings. The fraction of sp³-hybridized carbons (Fsp3) is 0.643. The van der Waals surface area contributed by atoms with E-state index in [-0.39, 0.29) is 6.10 Å². The Morgan fingerprint density at radius 3 is 2.89 bits per heavy atom. The Kier molecular flexibility index (Phi) is 3.88. The van der Waals surface area contributed by atoms with E-state index < -0.39 is 5.60 Å². The van der Waals surface area contributed by atoms with Gasteiger partial charge >= 0.3 is 0 Å². The lowest BCUT2D eigenvalue weighted by Gasteiger charge is -2.37. The van der Waals surface area contributed by atoms with E-state index in [2.05, 4.69) is 9.88 Å². The third kappa shape index (κ3) is 3.00. The van der Waals surface area contributed by atoms with Crippen LogP contribution < -0.4 is 4.74 Å². The van der Waals surface area contributed by atoms with E-state index in [9.17, 15) is 5.11 Å². The van der Waals surface area contributed by atoms with Gasteiger partial charge in [-0.2, -0.15) is 0 Å². The summed E-state index contributed by atoms with van der Waals surface area (Å²) in [5.74, 6) is 0.726. The Bertz CT molecular complexity index is 409. The highest BCUT2D eigenvalue weighted by atomic mass is 16.5. The van der Waals surface area contributed by atoms with Crippen molar-refractivity contribution < 1.29 is 9.84 Å². The number of aromatic nitrogens is 1. The molecule has 0 aromatic carbocycles. The SMILES string of the molecule is CC(C)Oc1cncc(C2(O)CCCN(C)C2)c1. The van der Waals surface area contributed by atoms with Gasteiger partial charge in [-0.05, 0) is 46.3 Å². The van der Waals surface area contributed by atoms with Gasteiger partial charge in [0.1, 0.15) is 11.4 Å². The molecule has 1 unspecified atom stereocenters. The van der Waals surface area contributed by atoms with Crippen molar-refractivity contribution in [3.8, 4) is 5.75 Å². The molecular formula is C14H22N2O2. The minimum Gasteiger partial charge on any atom is -0.489 e. The van der Waals surface area contributed by atoms with E-state index in [1.165, 1.54) is 0 Å². The molecule has 0 aliphatic carbocycles. The zero-order valence-electron chi connectivity index (χ0n) is 11.4. The van der Waals surface area contributed by atoms with E-state index in [1.807, 2.05) is 27.0 Å². The summed E-state index contributed by atoms with van der Waals surface area (Å²) in [6.45, 7) is 5.66. The summed E-state index contributed by atoms with van der Waals surface area (Å²) in [5, 5.41) is 10.7. The zero-order chi connectivity index (χ0) is 13.2. The highest BCUT2D eigenvalue weighted by molar-refractivity contribution is 5.29. The Hall–Kier alpha value is -1.13. The van der Waals surface area contributed by atoms with Gasteiger partial charge in [-0.15, -0.1) is 0 Å². The van der Waals surface area contributed by atoms with Crippen LogP contribution in [0.15, 0.2) is 18.5 Å². The number of ether oxygens (including phenoxy) is 1. The van der Waals surface area contributed by atoms with E-state index in [1.54, 1.807) is 12.4 Å². The van der Waals surface area contributed by atoms with E-state index >= 15 is 0 Å². The number of aliphatic hydroxyl groups is 1. The molecule has 1 aromatic heterocycles. The number of likely N-dealkylation sites (N-methyl/N-ethyl adjacent to an activating group) is 1. The largest absolute Gasteiger partial charge is 0.489 e. The molecule has 0 saturated carbocycles. The van der Waals surface area contributed by atoms with Crippen LogP contribution in [0.2, 0.25) is 0 Å². The third-order valence-electron chi connectivity index (χ3n) is 3.28. The summed E-state index contributed by atoms with van der Waals surface area (Å²) in [6, 6.07) is 1.91. The molecule has 0 spiro atoms. The molecule has 1 saturated heterocycles. The number of nitrogens with zero attached hydrogens (tertiary/aromatic N) is 2. The molecule has 1 aliphatic heterocycles. The summed E-state index contributed by atoms with van der Waals surface area (Å²) in [7, 11) is 2.03. The molecule has 2 rings (SSSR count). The van der Waals surface area contributed by atoms with Crippen LogP contribution in [0, 0.1) is 0 Å². The Morgan fingerprint density at radius 2 is 2.22 bits per heavy atom. The van der Waals surface area contributed by atoms with Crippen molar-refractivity contribution in [2.24, 2.45) is 0 Å². The van der Waals surface area contributed by atoms with Gasteiger partial charge in [-0.25, -0.2) is 0 Å². The highest BCUT2D eigenvalue weighted by Crippen LogP contribution is 2.32. The Balaban J connectivity index is 2.21. The maximum Gasteiger partial charge on any atom is 0.138 e. The summed E-state index contributed by atoms with van der Waals surface area (Å²) in [6.07, 6.45) is 5.34. The van der Waals surface area contributed by atoms with Gasteiger partial charge in [0.25, 0.3) is 0 Å². The molecule has 1 N–H and O–H groups in total. The van der Waals surface area contributed by atoms with Gasteiger partial charge in [0, 0.05) is 18.3 Å². The first kappa shape index (κ1) is 13.3. The first-order valence-corrected chi connectivity index (χ1v) is 6.53. The standard InChI is InChI=1S/C14H22N2O2/c1-11(2)18-13-7-12(8-15-9-13)14(17)5-4-6-16(3)10-14/h7-9,11,17H,4-6,10H2,1-3H3. The second kappa shape index (κ2) is 5.24. The molecule has 1 atom stereocenters. The summed E-state index contributed by atoms with van der Waals surface area (Å²) < 4.78 is 5.63.